The summed E-state index contributed by atoms with van der Waals surface area (Å²) in [6.07, 6.45) is 0.940. The fourth-order valence-corrected chi connectivity index (χ4v) is 1.92. The number of anilines is 1. The Balaban J connectivity index is 2.93. The Morgan fingerprint density at radius 3 is 2.29 bits per heavy atom. The molecule has 2 amide bonds. The van der Waals surface area contributed by atoms with Crippen LogP contribution >= 0.6 is 0 Å². The molecule has 0 saturated heterocycles. The van der Waals surface area contributed by atoms with Crippen LogP contribution in [-0.2, 0) is 4.79 Å². The quantitative estimate of drug-likeness (QED) is 0.844. The zero-order chi connectivity index (χ0) is 16.0. The fraction of sp³-hybridized carbons (Fsp3) is 0.467. The van der Waals surface area contributed by atoms with Crippen molar-refractivity contribution in [3.63, 3.8) is 0 Å². The number of amides is 2. The zero-order valence-corrected chi connectivity index (χ0v) is 12.6. The van der Waals surface area contributed by atoms with Crippen LogP contribution in [0.2, 0.25) is 0 Å². The Kier molecular flexibility index (Phi) is 6.02. The van der Waals surface area contributed by atoms with Crippen molar-refractivity contribution in [2.24, 2.45) is 5.92 Å². The number of carboxylic acid groups (broad SMARTS) is 1. The van der Waals surface area contributed by atoms with Crippen molar-refractivity contribution in [1.82, 2.24) is 4.90 Å². The summed E-state index contributed by atoms with van der Waals surface area (Å²) in [5.41, 5.74) is 0.441. The summed E-state index contributed by atoms with van der Waals surface area (Å²) in [5, 5.41) is 18.3. The number of urea groups is 1. The highest BCUT2D eigenvalue weighted by molar-refractivity contribution is 5.96. The van der Waals surface area contributed by atoms with Gasteiger partial charge in [0, 0.05) is 19.3 Å². The molecule has 0 fully saturated rings. The average Bonchev–Trinajstić information content (AvgIpc) is 2.44. The molecule has 21 heavy (non-hydrogen) atoms. The van der Waals surface area contributed by atoms with E-state index in [1.54, 1.807) is 7.05 Å². The predicted molar refractivity (Wildman–Crippen MR) is 80.6 cm³/mol. The van der Waals surface area contributed by atoms with Crippen LogP contribution in [0.5, 0.6) is 5.75 Å². The van der Waals surface area contributed by atoms with E-state index in [2.05, 4.69) is 0 Å². The van der Waals surface area contributed by atoms with Gasteiger partial charge >= 0.3 is 12.0 Å². The number of aromatic hydroxyl groups is 1. The van der Waals surface area contributed by atoms with E-state index in [1.165, 1.54) is 34.1 Å². The van der Waals surface area contributed by atoms with Gasteiger partial charge in [-0.25, -0.2) is 4.79 Å². The number of hydrogen-bond acceptors (Lipinski definition) is 3. The van der Waals surface area contributed by atoms with E-state index in [-0.39, 0.29) is 11.8 Å². The van der Waals surface area contributed by atoms with Crippen molar-refractivity contribution >= 4 is 17.7 Å². The number of carbonyl (C=O) groups excluding carboxylic acids is 1. The van der Waals surface area contributed by atoms with Crippen molar-refractivity contribution in [2.45, 2.75) is 20.3 Å². The molecule has 116 valence electrons. The summed E-state index contributed by atoms with van der Waals surface area (Å²) in [4.78, 5) is 26.1. The van der Waals surface area contributed by atoms with Crippen LogP contribution in [-0.4, -0.2) is 47.3 Å². The summed E-state index contributed by atoms with van der Waals surface area (Å²) in [5.74, 6) is -0.687. The molecule has 0 aromatic heterocycles. The molecule has 1 aromatic carbocycles. The minimum Gasteiger partial charge on any atom is -0.508 e. The van der Waals surface area contributed by atoms with Gasteiger partial charge in [0.1, 0.15) is 12.3 Å². The standard InChI is InChI=1S/C15H22N2O4/c1-4-11(2)9-16(3)15(21)17(10-14(19)20)12-5-7-13(18)8-6-12/h5-8,11,18H,4,9-10H2,1-3H3,(H,19,20). The van der Waals surface area contributed by atoms with Gasteiger partial charge in [-0.15, -0.1) is 0 Å². The highest BCUT2D eigenvalue weighted by Gasteiger charge is 2.23. The fourth-order valence-electron chi connectivity index (χ4n) is 1.92. The first-order valence-electron chi connectivity index (χ1n) is 6.88. The number of carboxylic acids is 1. The van der Waals surface area contributed by atoms with Crippen molar-refractivity contribution in [1.29, 1.82) is 0 Å². The topological polar surface area (TPSA) is 81.1 Å². The first kappa shape index (κ1) is 16.8. The van der Waals surface area contributed by atoms with E-state index in [0.29, 0.717) is 18.2 Å². The molecule has 0 aliphatic rings. The minimum absolute atomic E-state index is 0.0643. The van der Waals surface area contributed by atoms with Crippen molar-refractivity contribution < 1.29 is 19.8 Å². The predicted octanol–water partition coefficient (Wildman–Crippen LogP) is 2.38. The lowest BCUT2D eigenvalue weighted by atomic mass is 10.1. The number of carbonyl (C=O) groups is 2. The molecular formula is C15H22N2O4. The molecule has 2 N–H and O–H groups in total. The van der Waals surface area contributed by atoms with E-state index in [9.17, 15) is 14.7 Å². The molecular weight excluding hydrogens is 272 g/mol. The lowest BCUT2D eigenvalue weighted by Gasteiger charge is -2.28. The van der Waals surface area contributed by atoms with Gasteiger partial charge in [0.05, 0.1) is 0 Å². The van der Waals surface area contributed by atoms with Crippen LogP contribution < -0.4 is 4.90 Å². The number of benzene rings is 1. The summed E-state index contributed by atoms with van der Waals surface area (Å²) >= 11 is 0. The molecule has 0 saturated carbocycles. The van der Waals surface area contributed by atoms with Gasteiger partial charge in [-0.1, -0.05) is 20.3 Å². The smallest absolute Gasteiger partial charge is 0.324 e. The molecule has 1 aromatic rings. The van der Waals surface area contributed by atoms with Gasteiger partial charge in [0.25, 0.3) is 0 Å². The Morgan fingerprint density at radius 2 is 1.81 bits per heavy atom. The van der Waals surface area contributed by atoms with Gasteiger partial charge in [0.15, 0.2) is 0 Å². The van der Waals surface area contributed by atoms with Crippen LogP contribution in [0.3, 0.4) is 0 Å². The van der Waals surface area contributed by atoms with Crippen LogP contribution in [0.4, 0.5) is 10.5 Å². The van der Waals surface area contributed by atoms with E-state index in [1.807, 2.05) is 13.8 Å². The molecule has 0 aliphatic heterocycles. The third-order valence-electron chi connectivity index (χ3n) is 3.29. The summed E-state index contributed by atoms with van der Waals surface area (Å²) in [7, 11) is 1.66. The van der Waals surface area contributed by atoms with E-state index >= 15 is 0 Å². The van der Waals surface area contributed by atoms with Gasteiger partial charge in [0.2, 0.25) is 0 Å². The summed E-state index contributed by atoms with van der Waals surface area (Å²) < 4.78 is 0. The number of phenolic OH excluding ortho intramolecular Hbond substituents is 1. The normalized spacial score (nSPS) is 11.8. The number of nitrogens with zero attached hydrogens (tertiary/aromatic N) is 2. The highest BCUT2D eigenvalue weighted by atomic mass is 16.4. The lowest BCUT2D eigenvalue weighted by molar-refractivity contribution is -0.135. The Bertz CT molecular complexity index is 487. The SMILES string of the molecule is CCC(C)CN(C)C(=O)N(CC(=O)O)c1ccc(O)cc1. The van der Waals surface area contributed by atoms with Crippen LogP contribution in [0.25, 0.3) is 0 Å². The van der Waals surface area contributed by atoms with Gasteiger partial charge in [-0.05, 0) is 30.2 Å². The number of hydrogen-bond donors (Lipinski definition) is 2. The minimum atomic E-state index is -1.09. The molecule has 1 atom stereocenters. The molecule has 0 spiro atoms. The third-order valence-corrected chi connectivity index (χ3v) is 3.29. The van der Waals surface area contributed by atoms with Crippen molar-refractivity contribution in [3.05, 3.63) is 24.3 Å². The summed E-state index contributed by atoms with van der Waals surface area (Å²) in [6, 6.07) is 5.52. The van der Waals surface area contributed by atoms with E-state index in [0.717, 1.165) is 6.42 Å². The number of aliphatic carboxylic acids is 1. The number of rotatable bonds is 6. The first-order chi connectivity index (χ1) is 9.85. The maximum absolute atomic E-state index is 12.4. The largest absolute Gasteiger partial charge is 0.508 e. The van der Waals surface area contributed by atoms with Crippen LogP contribution in [0.15, 0.2) is 24.3 Å². The van der Waals surface area contributed by atoms with Gasteiger partial charge < -0.3 is 15.1 Å². The van der Waals surface area contributed by atoms with E-state index in [4.69, 9.17) is 5.11 Å². The maximum atomic E-state index is 12.4. The monoisotopic (exact) mass is 294 g/mol. The maximum Gasteiger partial charge on any atom is 0.324 e. The van der Waals surface area contributed by atoms with Crippen LogP contribution in [0, 0.1) is 5.92 Å². The summed E-state index contributed by atoms with van der Waals surface area (Å²) in [6.45, 7) is 4.21. The molecule has 1 rings (SSSR count). The molecule has 1 unspecified atom stereocenters. The first-order valence-corrected chi connectivity index (χ1v) is 6.88. The third kappa shape index (κ3) is 4.98. The number of phenols is 1. The molecule has 0 bridgehead atoms. The average molecular weight is 294 g/mol. The second kappa shape index (κ2) is 7.52. The highest BCUT2D eigenvalue weighted by Crippen LogP contribution is 2.20. The Morgan fingerprint density at radius 1 is 1.24 bits per heavy atom. The Labute approximate surface area is 124 Å². The van der Waals surface area contributed by atoms with Crippen molar-refractivity contribution in [2.75, 3.05) is 25.0 Å². The second-order valence-electron chi connectivity index (χ2n) is 5.17. The second-order valence-corrected chi connectivity index (χ2v) is 5.17. The van der Waals surface area contributed by atoms with Crippen LogP contribution in [0.1, 0.15) is 20.3 Å². The molecule has 0 aliphatic carbocycles. The van der Waals surface area contributed by atoms with Gasteiger partial charge in [-0.2, -0.15) is 0 Å². The lowest BCUT2D eigenvalue weighted by Crippen LogP contribution is -2.45. The van der Waals surface area contributed by atoms with Gasteiger partial charge in [-0.3, -0.25) is 9.69 Å². The Hall–Kier alpha value is -2.24. The zero-order valence-electron chi connectivity index (χ0n) is 12.6. The molecule has 6 nitrogen and oxygen atoms in total. The molecule has 0 heterocycles. The van der Waals surface area contributed by atoms with Crippen molar-refractivity contribution in [3.8, 4) is 5.75 Å². The molecule has 6 heteroatoms. The van der Waals surface area contributed by atoms with E-state index < -0.39 is 12.5 Å². The molecule has 0 radical (unpaired) electrons.